The molecule has 1 amide bonds. The molecule has 1 N–H and O–H groups in total. The van der Waals surface area contributed by atoms with E-state index in [-0.39, 0.29) is 12.3 Å². The number of nitrogens with zero attached hydrogens (tertiary/aromatic N) is 1. The maximum atomic E-state index is 11.6. The van der Waals surface area contributed by atoms with Crippen LogP contribution in [0.15, 0.2) is 24.5 Å². The number of carbonyl (C=O) groups is 2. The molecule has 0 bridgehead atoms. The lowest BCUT2D eigenvalue weighted by Crippen LogP contribution is -2.35. The third-order valence-corrected chi connectivity index (χ3v) is 2.50. The second-order valence-electron chi connectivity index (χ2n) is 5.60. The highest BCUT2D eigenvalue weighted by molar-refractivity contribution is 5.83. The Morgan fingerprint density at radius 3 is 2.50 bits per heavy atom. The lowest BCUT2D eigenvalue weighted by Gasteiger charge is -2.19. The van der Waals surface area contributed by atoms with Crippen LogP contribution in [0.5, 0.6) is 0 Å². The average Bonchev–Trinajstić information content (AvgIpc) is 2.36. The molecule has 110 valence electrons. The van der Waals surface area contributed by atoms with E-state index in [4.69, 9.17) is 4.74 Å². The van der Waals surface area contributed by atoms with Crippen LogP contribution >= 0.6 is 0 Å². The van der Waals surface area contributed by atoms with Gasteiger partial charge < -0.3 is 10.1 Å². The fourth-order valence-corrected chi connectivity index (χ4v) is 1.61. The van der Waals surface area contributed by atoms with Crippen molar-refractivity contribution in [2.24, 2.45) is 0 Å². The standard InChI is InChI=1S/C15H22N2O3/c1-15(2,3)20-14(19)17-11-13(18)6-4-5-12-7-9-16-10-8-12/h7-10H,4-6,11H2,1-3H3,(H,17,19). The first kappa shape index (κ1) is 16.1. The molecule has 0 saturated heterocycles. The highest BCUT2D eigenvalue weighted by atomic mass is 16.6. The van der Waals surface area contributed by atoms with Gasteiger partial charge in [-0.1, -0.05) is 0 Å². The Bertz CT molecular complexity index is 438. The van der Waals surface area contributed by atoms with E-state index in [9.17, 15) is 9.59 Å². The Morgan fingerprint density at radius 2 is 1.90 bits per heavy atom. The topological polar surface area (TPSA) is 68.3 Å². The SMILES string of the molecule is CC(C)(C)OC(=O)NCC(=O)CCCc1ccncc1. The van der Waals surface area contributed by atoms with Crippen molar-refractivity contribution in [3.8, 4) is 0 Å². The maximum Gasteiger partial charge on any atom is 0.408 e. The van der Waals surface area contributed by atoms with Crippen LogP contribution in [0.2, 0.25) is 0 Å². The molecule has 0 fully saturated rings. The Kier molecular flexibility index (Phi) is 6.15. The van der Waals surface area contributed by atoms with E-state index in [0.29, 0.717) is 6.42 Å². The van der Waals surface area contributed by atoms with Crippen molar-refractivity contribution in [2.75, 3.05) is 6.54 Å². The summed E-state index contributed by atoms with van der Waals surface area (Å²) in [5.41, 5.74) is 0.613. The predicted octanol–water partition coefficient (Wildman–Crippen LogP) is 2.50. The van der Waals surface area contributed by atoms with E-state index in [1.807, 2.05) is 12.1 Å². The fourth-order valence-electron chi connectivity index (χ4n) is 1.61. The Labute approximate surface area is 119 Å². The minimum Gasteiger partial charge on any atom is -0.444 e. The van der Waals surface area contributed by atoms with Gasteiger partial charge in [-0.15, -0.1) is 0 Å². The van der Waals surface area contributed by atoms with Gasteiger partial charge in [0.25, 0.3) is 0 Å². The molecular weight excluding hydrogens is 256 g/mol. The number of carbonyl (C=O) groups excluding carboxylic acids is 2. The summed E-state index contributed by atoms with van der Waals surface area (Å²) in [6.45, 7) is 5.36. The maximum absolute atomic E-state index is 11.6. The molecule has 0 unspecified atom stereocenters. The van der Waals surface area contributed by atoms with Crippen molar-refractivity contribution in [3.63, 3.8) is 0 Å². The Morgan fingerprint density at radius 1 is 1.25 bits per heavy atom. The number of nitrogens with one attached hydrogen (secondary N) is 1. The van der Waals surface area contributed by atoms with E-state index in [2.05, 4.69) is 10.3 Å². The number of aromatic nitrogens is 1. The van der Waals surface area contributed by atoms with Crippen molar-refractivity contribution in [3.05, 3.63) is 30.1 Å². The Hall–Kier alpha value is -1.91. The lowest BCUT2D eigenvalue weighted by atomic mass is 10.1. The molecule has 0 spiro atoms. The van der Waals surface area contributed by atoms with Gasteiger partial charge in [0.1, 0.15) is 5.60 Å². The quantitative estimate of drug-likeness (QED) is 0.868. The predicted molar refractivity (Wildman–Crippen MR) is 76.4 cm³/mol. The first-order chi connectivity index (χ1) is 9.37. The molecule has 0 aliphatic rings. The van der Waals surface area contributed by atoms with Gasteiger partial charge >= 0.3 is 6.09 Å². The number of pyridine rings is 1. The third kappa shape index (κ3) is 7.51. The van der Waals surface area contributed by atoms with Crippen LogP contribution in [0, 0.1) is 0 Å². The zero-order chi connectivity index (χ0) is 15.0. The largest absolute Gasteiger partial charge is 0.444 e. The molecule has 5 nitrogen and oxygen atoms in total. The number of Topliss-reactive ketones (excluding diaryl/α,β-unsaturated/α-hetero) is 1. The number of alkyl carbamates (subject to hydrolysis) is 1. The van der Waals surface area contributed by atoms with Gasteiger partial charge in [-0.3, -0.25) is 9.78 Å². The highest BCUT2D eigenvalue weighted by Crippen LogP contribution is 2.06. The highest BCUT2D eigenvalue weighted by Gasteiger charge is 2.16. The molecular formula is C15H22N2O3. The van der Waals surface area contributed by atoms with Crippen LogP contribution in [0.1, 0.15) is 39.2 Å². The molecule has 1 aromatic heterocycles. The number of hydrogen-bond acceptors (Lipinski definition) is 4. The van der Waals surface area contributed by atoms with Crippen LogP contribution in [0.25, 0.3) is 0 Å². The van der Waals surface area contributed by atoms with E-state index in [1.54, 1.807) is 33.2 Å². The molecule has 5 heteroatoms. The average molecular weight is 278 g/mol. The molecule has 1 rings (SSSR count). The first-order valence-electron chi connectivity index (χ1n) is 6.74. The number of ether oxygens (including phenoxy) is 1. The Balaban J connectivity index is 2.16. The zero-order valence-electron chi connectivity index (χ0n) is 12.3. The van der Waals surface area contributed by atoms with Gasteiger partial charge in [0.05, 0.1) is 6.54 Å². The van der Waals surface area contributed by atoms with Gasteiger partial charge in [-0.2, -0.15) is 0 Å². The summed E-state index contributed by atoms with van der Waals surface area (Å²) in [4.78, 5) is 26.9. The summed E-state index contributed by atoms with van der Waals surface area (Å²) in [6.07, 6.45) is 4.96. The van der Waals surface area contributed by atoms with Gasteiger partial charge in [-0.05, 0) is 51.3 Å². The number of rotatable bonds is 6. The first-order valence-corrected chi connectivity index (χ1v) is 6.74. The summed E-state index contributed by atoms with van der Waals surface area (Å²) in [6, 6.07) is 3.87. The van der Waals surface area contributed by atoms with E-state index < -0.39 is 11.7 Å². The van der Waals surface area contributed by atoms with Crippen molar-refractivity contribution in [2.45, 2.75) is 45.6 Å². The van der Waals surface area contributed by atoms with Crippen molar-refractivity contribution in [1.29, 1.82) is 0 Å². The number of aryl methyl sites for hydroxylation is 1. The number of hydrogen-bond donors (Lipinski definition) is 1. The van der Waals surface area contributed by atoms with Gasteiger partial charge in [0, 0.05) is 18.8 Å². The van der Waals surface area contributed by atoms with Crippen LogP contribution in [-0.2, 0) is 16.0 Å². The summed E-state index contributed by atoms with van der Waals surface area (Å²) < 4.78 is 5.05. The molecule has 1 aromatic rings. The fraction of sp³-hybridized carbons (Fsp3) is 0.533. The molecule has 20 heavy (non-hydrogen) atoms. The summed E-state index contributed by atoms with van der Waals surface area (Å²) in [5.74, 6) is 0.00455. The summed E-state index contributed by atoms with van der Waals surface area (Å²) in [7, 11) is 0. The van der Waals surface area contributed by atoms with E-state index in [1.165, 1.54) is 0 Å². The second kappa shape index (κ2) is 7.62. The molecule has 0 radical (unpaired) electrons. The van der Waals surface area contributed by atoms with E-state index in [0.717, 1.165) is 18.4 Å². The van der Waals surface area contributed by atoms with Crippen molar-refractivity contribution in [1.82, 2.24) is 10.3 Å². The molecule has 0 atom stereocenters. The van der Waals surface area contributed by atoms with Gasteiger partial charge in [0.2, 0.25) is 0 Å². The lowest BCUT2D eigenvalue weighted by molar-refractivity contribution is -0.118. The van der Waals surface area contributed by atoms with Crippen molar-refractivity contribution >= 4 is 11.9 Å². The van der Waals surface area contributed by atoms with Crippen molar-refractivity contribution < 1.29 is 14.3 Å². The minimum absolute atomic E-state index is 0.00455. The molecule has 0 saturated carbocycles. The molecule has 1 heterocycles. The smallest absolute Gasteiger partial charge is 0.408 e. The number of amides is 1. The minimum atomic E-state index is -0.556. The monoisotopic (exact) mass is 278 g/mol. The zero-order valence-corrected chi connectivity index (χ0v) is 12.3. The summed E-state index contributed by atoms with van der Waals surface area (Å²) in [5, 5.41) is 2.47. The van der Waals surface area contributed by atoms with Crippen LogP contribution < -0.4 is 5.32 Å². The number of ketones is 1. The normalized spacial score (nSPS) is 10.9. The van der Waals surface area contributed by atoms with Crippen LogP contribution in [-0.4, -0.2) is 29.0 Å². The molecule has 0 aliphatic carbocycles. The molecule has 0 aliphatic heterocycles. The second-order valence-corrected chi connectivity index (χ2v) is 5.60. The van der Waals surface area contributed by atoms with Gasteiger partial charge in [0.15, 0.2) is 5.78 Å². The van der Waals surface area contributed by atoms with E-state index >= 15 is 0 Å². The van der Waals surface area contributed by atoms with Gasteiger partial charge in [-0.25, -0.2) is 4.79 Å². The third-order valence-electron chi connectivity index (χ3n) is 2.50. The summed E-state index contributed by atoms with van der Waals surface area (Å²) >= 11 is 0. The van der Waals surface area contributed by atoms with Crippen LogP contribution in [0.4, 0.5) is 4.79 Å². The van der Waals surface area contributed by atoms with Crippen LogP contribution in [0.3, 0.4) is 0 Å². The molecule has 0 aromatic carbocycles.